The summed E-state index contributed by atoms with van der Waals surface area (Å²) in [5.74, 6) is 0.0169. The molecule has 4 aromatic rings. The monoisotopic (exact) mass is 414 g/mol. The van der Waals surface area contributed by atoms with E-state index in [-0.39, 0.29) is 18.4 Å². The summed E-state index contributed by atoms with van der Waals surface area (Å²) in [5.41, 5.74) is 3.14. The zero-order valence-corrected chi connectivity index (χ0v) is 17.0. The molecule has 0 fully saturated rings. The van der Waals surface area contributed by atoms with Gasteiger partial charge in [0.15, 0.2) is 0 Å². The summed E-state index contributed by atoms with van der Waals surface area (Å²) in [4.78, 5) is 25.0. The van der Waals surface area contributed by atoms with Gasteiger partial charge < -0.3 is 15.1 Å². The number of hydrogen-bond donors (Lipinski definition) is 2. The highest BCUT2D eigenvalue weighted by Crippen LogP contribution is 2.22. The van der Waals surface area contributed by atoms with Crippen molar-refractivity contribution in [2.45, 2.75) is 19.5 Å². The largest absolute Gasteiger partial charge is 0.467 e. The second-order valence-corrected chi connectivity index (χ2v) is 7.04. The third-order valence-corrected chi connectivity index (χ3v) is 4.82. The minimum Gasteiger partial charge on any atom is -0.467 e. The van der Waals surface area contributed by atoms with E-state index in [0.717, 1.165) is 16.9 Å². The zero-order valence-electron chi connectivity index (χ0n) is 17.0. The number of furan rings is 1. The van der Waals surface area contributed by atoms with Gasteiger partial charge in [0.2, 0.25) is 5.91 Å². The van der Waals surface area contributed by atoms with Crippen molar-refractivity contribution < 1.29 is 14.0 Å². The molecule has 156 valence electrons. The van der Waals surface area contributed by atoms with Gasteiger partial charge in [0.25, 0.3) is 5.91 Å². The standard InChI is InChI=1S/C24H22N4O3/c1-17(23(29)25-16-21-11-6-14-31-21)27-24(30)19-9-5-10-20(15-19)28-22(12-13-26-28)18-7-3-2-4-8-18/h2-15,17H,16H2,1H3,(H,25,29)(H,27,30). The maximum Gasteiger partial charge on any atom is 0.251 e. The van der Waals surface area contributed by atoms with Gasteiger partial charge in [-0.05, 0) is 43.3 Å². The number of nitrogens with zero attached hydrogens (tertiary/aromatic N) is 2. The lowest BCUT2D eigenvalue weighted by atomic mass is 10.1. The molecular weight excluding hydrogens is 392 g/mol. The highest BCUT2D eigenvalue weighted by Gasteiger charge is 2.17. The number of rotatable bonds is 7. The average molecular weight is 414 g/mol. The first-order valence-electron chi connectivity index (χ1n) is 9.92. The third kappa shape index (κ3) is 4.72. The van der Waals surface area contributed by atoms with Crippen molar-refractivity contribution in [3.8, 4) is 16.9 Å². The van der Waals surface area contributed by atoms with Gasteiger partial charge in [0.05, 0.1) is 30.4 Å². The number of benzene rings is 2. The zero-order chi connectivity index (χ0) is 21.6. The summed E-state index contributed by atoms with van der Waals surface area (Å²) in [6, 6.07) is 21.8. The molecule has 0 bridgehead atoms. The Kier molecular flexibility index (Phi) is 5.93. The van der Waals surface area contributed by atoms with Gasteiger partial charge in [-0.2, -0.15) is 5.10 Å². The Morgan fingerprint density at radius 1 is 1.03 bits per heavy atom. The van der Waals surface area contributed by atoms with Gasteiger partial charge in [0.1, 0.15) is 11.8 Å². The predicted molar refractivity (Wildman–Crippen MR) is 116 cm³/mol. The van der Waals surface area contributed by atoms with Crippen LogP contribution in [0.1, 0.15) is 23.0 Å². The Balaban J connectivity index is 1.45. The van der Waals surface area contributed by atoms with Crippen molar-refractivity contribution in [2.75, 3.05) is 0 Å². The molecule has 7 nitrogen and oxygen atoms in total. The van der Waals surface area contributed by atoms with Crippen LogP contribution in [0, 0.1) is 0 Å². The van der Waals surface area contributed by atoms with Crippen LogP contribution in [0.2, 0.25) is 0 Å². The van der Waals surface area contributed by atoms with E-state index in [4.69, 9.17) is 4.42 Å². The van der Waals surface area contributed by atoms with Gasteiger partial charge in [-0.1, -0.05) is 36.4 Å². The van der Waals surface area contributed by atoms with Gasteiger partial charge in [0, 0.05) is 11.1 Å². The van der Waals surface area contributed by atoms with E-state index in [1.807, 2.05) is 42.5 Å². The molecule has 1 unspecified atom stereocenters. The van der Waals surface area contributed by atoms with Crippen LogP contribution < -0.4 is 10.6 Å². The van der Waals surface area contributed by atoms with E-state index < -0.39 is 6.04 Å². The molecule has 31 heavy (non-hydrogen) atoms. The molecule has 0 spiro atoms. The molecule has 4 rings (SSSR count). The van der Waals surface area contributed by atoms with E-state index in [1.54, 1.807) is 54.4 Å². The van der Waals surface area contributed by atoms with Gasteiger partial charge in [-0.3, -0.25) is 9.59 Å². The van der Waals surface area contributed by atoms with Crippen LogP contribution in [0.15, 0.2) is 89.7 Å². The molecule has 2 aromatic carbocycles. The summed E-state index contributed by atoms with van der Waals surface area (Å²) < 4.78 is 6.98. The lowest BCUT2D eigenvalue weighted by molar-refractivity contribution is -0.122. The second-order valence-electron chi connectivity index (χ2n) is 7.04. The van der Waals surface area contributed by atoms with Crippen molar-refractivity contribution in [1.82, 2.24) is 20.4 Å². The van der Waals surface area contributed by atoms with Crippen molar-refractivity contribution in [2.24, 2.45) is 0 Å². The van der Waals surface area contributed by atoms with Crippen LogP contribution >= 0.6 is 0 Å². The Bertz CT molecular complexity index is 1170. The molecule has 1 atom stereocenters. The fraction of sp³-hybridized carbons (Fsp3) is 0.125. The van der Waals surface area contributed by atoms with E-state index in [0.29, 0.717) is 11.3 Å². The molecule has 2 aromatic heterocycles. The van der Waals surface area contributed by atoms with Crippen LogP contribution in [0.5, 0.6) is 0 Å². The first kappa shape index (κ1) is 20.2. The summed E-state index contributed by atoms with van der Waals surface area (Å²) in [5, 5.41) is 9.89. The van der Waals surface area contributed by atoms with E-state index in [9.17, 15) is 9.59 Å². The fourth-order valence-corrected chi connectivity index (χ4v) is 3.20. The van der Waals surface area contributed by atoms with Crippen molar-refractivity contribution in [3.63, 3.8) is 0 Å². The number of hydrogen-bond acceptors (Lipinski definition) is 4. The van der Waals surface area contributed by atoms with E-state index in [1.165, 1.54) is 0 Å². The Morgan fingerprint density at radius 2 is 1.87 bits per heavy atom. The quantitative estimate of drug-likeness (QED) is 0.484. The lowest BCUT2D eigenvalue weighted by Gasteiger charge is -2.14. The number of carbonyl (C=O) groups excluding carboxylic acids is 2. The highest BCUT2D eigenvalue weighted by atomic mass is 16.3. The molecule has 0 aliphatic carbocycles. The number of nitrogens with one attached hydrogen (secondary N) is 2. The highest BCUT2D eigenvalue weighted by molar-refractivity contribution is 5.97. The lowest BCUT2D eigenvalue weighted by Crippen LogP contribution is -2.44. The van der Waals surface area contributed by atoms with Crippen molar-refractivity contribution in [1.29, 1.82) is 0 Å². The number of amides is 2. The maximum absolute atomic E-state index is 12.7. The van der Waals surface area contributed by atoms with Crippen molar-refractivity contribution >= 4 is 11.8 Å². The molecule has 2 N–H and O–H groups in total. The molecule has 0 saturated carbocycles. The van der Waals surface area contributed by atoms with E-state index in [2.05, 4.69) is 15.7 Å². The summed E-state index contributed by atoms with van der Waals surface area (Å²) in [6.07, 6.45) is 3.27. The summed E-state index contributed by atoms with van der Waals surface area (Å²) in [7, 11) is 0. The molecule has 0 radical (unpaired) electrons. The maximum atomic E-state index is 12.7. The van der Waals surface area contributed by atoms with Gasteiger partial charge in [-0.25, -0.2) is 4.68 Å². The summed E-state index contributed by atoms with van der Waals surface area (Å²) in [6.45, 7) is 1.91. The molecular formula is C24H22N4O3. The molecule has 0 aliphatic rings. The predicted octanol–water partition coefficient (Wildman–Crippen LogP) is 3.57. The Morgan fingerprint density at radius 3 is 2.65 bits per heavy atom. The number of aromatic nitrogens is 2. The SMILES string of the molecule is CC(NC(=O)c1cccc(-n2nccc2-c2ccccc2)c1)C(=O)NCc1ccco1. The summed E-state index contributed by atoms with van der Waals surface area (Å²) >= 11 is 0. The second kappa shape index (κ2) is 9.13. The van der Waals surface area contributed by atoms with E-state index >= 15 is 0 Å². The minimum atomic E-state index is -0.698. The van der Waals surface area contributed by atoms with Crippen LogP contribution in [0.3, 0.4) is 0 Å². The first-order valence-corrected chi connectivity index (χ1v) is 9.92. The molecule has 2 amide bonds. The first-order chi connectivity index (χ1) is 15.1. The smallest absolute Gasteiger partial charge is 0.251 e. The third-order valence-electron chi connectivity index (χ3n) is 4.82. The Hall–Kier alpha value is -4.13. The Labute approximate surface area is 179 Å². The van der Waals surface area contributed by atoms with Crippen LogP contribution in [-0.4, -0.2) is 27.6 Å². The minimum absolute atomic E-state index is 0.267. The average Bonchev–Trinajstić information content (AvgIpc) is 3.50. The van der Waals surface area contributed by atoms with Crippen LogP contribution in [0.25, 0.3) is 16.9 Å². The van der Waals surface area contributed by atoms with Gasteiger partial charge in [-0.15, -0.1) is 0 Å². The van der Waals surface area contributed by atoms with Crippen LogP contribution in [-0.2, 0) is 11.3 Å². The van der Waals surface area contributed by atoms with Crippen LogP contribution in [0.4, 0.5) is 0 Å². The van der Waals surface area contributed by atoms with Crippen molar-refractivity contribution in [3.05, 3.63) is 96.6 Å². The molecule has 0 saturated heterocycles. The molecule has 2 heterocycles. The topological polar surface area (TPSA) is 89.2 Å². The molecule has 7 heteroatoms. The van der Waals surface area contributed by atoms with Gasteiger partial charge >= 0.3 is 0 Å². The molecule has 0 aliphatic heterocycles. The fourth-order valence-electron chi connectivity index (χ4n) is 3.20. The normalized spacial score (nSPS) is 11.6. The number of carbonyl (C=O) groups is 2.